The number of carbonyl (C=O) groups is 3. The molecule has 1 fully saturated rings. The number of hydrogen-bond acceptors (Lipinski definition) is 5. The molecule has 0 saturated carbocycles. The Morgan fingerprint density at radius 2 is 1.69 bits per heavy atom. The summed E-state index contributed by atoms with van der Waals surface area (Å²) < 4.78 is 11.4. The third-order valence-electron chi connectivity index (χ3n) is 6.43. The van der Waals surface area contributed by atoms with Gasteiger partial charge in [0.15, 0.2) is 11.5 Å². The minimum atomic E-state index is -1.33. The SMILES string of the molecule is CC1(c2ccc3c(c2)OCCCO3)NC(=O)N(CC(=O)Nc2ccccc2Cc2ccccc2)C1=O. The fourth-order valence-corrected chi connectivity index (χ4v) is 4.46. The van der Waals surface area contributed by atoms with Crippen LogP contribution >= 0.6 is 0 Å². The van der Waals surface area contributed by atoms with E-state index in [0.29, 0.717) is 42.4 Å². The third-order valence-corrected chi connectivity index (χ3v) is 6.43. The van der Waals surface area contributed by atoms with Gasteiger partial charge in [0.25, 0.3) is 5.91 Å². The summed E-state index contributed by atoms with van der Waals surface area (Å²) in [6.45, 7) is 2.28. The monoisotopic (exact) mass is 485 g/mol. The molecule has 0 bridgehead atoms. The number of fused-ring (bicyclic) bond motifs is 1. The van der Waals surface area contributed by atoms with Crippen LogP contribution in [0.2, 0.25) is 0 Å². The van der Waals surface area contributed by atoms with Crippen molar-refractivity contribution in [2.75, 3.05) is 25.1 Å². The van der Waals surface area contributed by atoms with Gasteiger partial charge in [-0.3, -0.25) is 14.5 Å². The zero-order valence-electron chi connectivity index (χ0n) is 20.0. The lowest BCUT2D eigenvalue weighted by Gasteiger charge is -2.23. The first kappa shape index (κ1) is 23.4. The molecule has 0 radical (unpaired) electrons. The lowest BCUT2D eigenvalue weighted by Crippen LogP contribution is -2.42. The van der Waals surface area contributed by atoms with E-state index in [-0.39, 0.29) is 0 Å². The second-order valence-corrected chi connectivity index (χ2v) is 9.03. The van der Waals surface area contributed by atoms with Crippen LogP contribution in [0, 0.1) is 0 Å². The van der Waals surface area contributed by atoms with Crippen LogP contribution in [0.1, 0.15) is 30.0 Å². The maximum atomic E-state index is 13.4. The number of urea groups is 1. The van der Waals surface area contributed by atoms with Crippen LogP contribution in [-0.2, 0) is 21.5 Å². The molecule has 0 aromatic heterocycles. The molecule has 3 aromatic carbocycles. The first-order valence-electron chi connectivity index (χ1n) is 11.9. The summed E-state index contributed by atoms with van der Waals surface area (Å²) in [6.07, 6.45) is 1.40. The van der Waals surface area contributed by atoms with E-state index in [4.69, 9.17) is 9.47 Å². The summed E-state index contributed by atoms with van der Waals surface area (Å²) in [5.74, 6) is 0.165. The molecule has 5 rings (SSSR count). The first-order chi connectivity index (χ1) is 17.4. The molecule has 8 heteroatoms. The smallest absolute Gasteiger partial charge is 0.325 e. The van der Waals surface area contributed by atoms with Crippen molar-refractivity contribution in [3.8, 4) is 11.5 Å². The molecule has 3 aromatic rings. The number of hydrogen-bond donors (Lipinski definition) is 2. The van der Waals surface area contributed by atoms with E-state index in [0.717, 1.165) is 22.4 Å². The molecule has 2 aliphatic rings. The first-order valence-corrected chi connectivity index (χ1v) is 11.9. The van der Waals surface area contributed by atoms with E-state index < -0.39 is 29.9 Å². The van der Waals surface area contributed by atoms with Crippen molar-refractivity contribution in [3.63, 3.8) is 0 Å². The fraction of sp³-hybridized carbons (Fsp3) is 0.250. The molecule has 36 heavy (non-hydrogen) atoms. The quantitative estimate of drug-likeness (QED) is 0.517. The van der Waals surface area contributed by atoms with Gasteiger partial charge in [-0.05, 0) is 48.2 Å². The molecule has 2 aliphatic heterocycles. The van der Waals surface area contributed by atoms with Gasteiger partial charge >= 0.3 is 6.03 Å². The Morgan fingerprint density at radius 1 is 0.972 bits per heavy atom. The highest BCUT2D eigenvalue weighted by Gasteiger charge is 2.49. The highest BCUT2D eigenvalue weighted by molar-refractivity contribution is 6.10. The number of amides is 4. The topological polar surface area (TPSA) is 97.0 Å². The zero-order valence-corrected chi connectivity index (χ0v) is 20.0. The molecule has 2 heterocycles. The number of rotatable bonds is 6. The van der Waals surface area contributed by atoms with Gasteiger partial charge in [-0.1, -0.05) is 54.6 Å². The van der Waals surface area contributed by atoms with Crippen LogP contribution < -0.4 is 20.1 Å². The van der Waals surface area contributed by atoms with Gasteiger partial charge in [0, 0.05) is 12.1 Å². The van der Waals surface area contributed by atoms with Gasteiger partial charge in [-0.2, -0.15) is 0 Å². The molecule has 8 nitrogen and oxygen atoms in total. The Kier molecular flexibility index (Phi) is 6.33. The summed E-state index contributed by atoms with van der Waals surface area (Å²) in [5, 5.41) is 5.61. The van der Waals surface area contributed by atoms with Gasteiger partial charge in [0.1, 0.15) is 12.1 Å². The van der Waals surface area contributed by atoms with Crippen molar-refractivity contribution < 1.29 is 23.9 Å². The highest BCUT2D eigenvalue weighted by atomic mass is 16.5. The van der Waals surface area contributed by atoms with Crippen LogP contribution in [0.3, 0.4) is 0 Å². The van der Waals surface area contributed by atoms with E-state index in [1.807, 2.05) is 54.6 Å². The summed E-state index contributed by atoms with van der Waals surface area (Å²) in [5.41, 5.74) is 1.92. The largest absolute Gasteiger partial charge is 0.490 e. The van der Waals surface area contributed by atoms with Gasteiger partial charge in [0.2, 0.25) is 5.91 Å². The van der Waals surface area contributed by atoms with Crippen molar-refractivity contribution >= 4 is 23.5 Å². The van der Waals surface area contributed by atoms with Gasteiger partial charge < -0.3 is 20.1 Å². The summed E-state index contributed by atoms with van der Waals surface area (Å²) >= 11 is 0. The third kappa shape index (κ3) is 4.62. The molecule has 184 valence electrons. The molecule has 1 atom stereocenters. The number of anilines is 1. The van der Waals surface area contributed by atoms with E-state index >= 15 is 0 Å². The van der Waals surface area contributed by atoms with Crippen LogP contribution in [0.4, 0.5) is 10.5 Å². The lowest BCUT2D eigenvalue weighted by atomic mass is 9.91. The Balaban J connectivity index is 1.30. The number of para-hydroxylation sites is 1. The fourth-order valence-electron chi connectivity index (χ4n) is 4.46. The minimum Gasteiger partial charge on any atom is -0.490 e. The molecular weight excluding hydrogens is 458 g/mol. The highest BCUT2D eigenvalue weighted by Crippen LogP contribution is 2.36. The Hall–Kier alpha value is -4.33. The molecule has 1 unspecified atom stereocenters. The van der Waals surface area contributed by atoms with Crippen LogP contribution in [0.15, 0.2) is 72.8 Å². The molecular formula is C28H27N3O5. The predicted octanol–water partition coefficient (Wildman–Crippen LogP) is 3.84. The average molecular weight is 486 g/mol. The zero-order chi connectivity index (χ0) is 25.1. The number of carbonyl (C=O) groups excluding carboxylic acids is 3. The second-order valence-electron chi connectivity index (χ2n) is 9.03. The number of imide groups is 1. The van der Waals surface area contributed by atoms with Crippen molar-refractivity contribution in [2.24, 2.45) is 0 Å². The molecule has 2 N–H and O–H groups in total. The van der Waals surface area contributed by atoms with E-state index in [9.17, 15) is 14.4 Å². The average Bonchev–Trinajstić information content (AvgIpc) is 3.03. The van der Waals surface area contributed by atoms with Crippen molar-refractivity contribution in [1.82, 2.24) is 10.2 Å². The molecule has 1 saturated heterocycles. The van der Waals surface area contributed by atoms with E-state index in [1.54, 1.807) is 25.1 Å². The van der Waals surface area contributed by atoms with E-state index in [1.165, 1.54) is 0 Å². The summed E-state index contributed by atoms with van der Waals surface area (Å²) in [4.78, 5) is 40.0. The van der Waals surface area contributed by atoms with Crippen LogP contribution in [0.25, 0.3) is 0 Å². The van der Waals surface area contributed by atoms with Crippen molar-refractivity contribution in [2.45, 2.75) is 25.3 Å². The van der Waals surface area contributed by atoms with Crippen LogP contribution in [0.5, 0.6) is 11.5 Å². The Morgan fingerprint density at radius 3 is 2.50 bits per heavy atom. The Bertz CT molecular complexity index is 1310. The number of ether oxygens (including phenoxy) is 2. The summed E-state index contributed by atoms with van der Waals surface area (Å²) in [7, 11) is 0. The standard InChI is InChI=1S/C28H27N3O5/c1-28(21-12-13-23-24(17-21)36-15-7-14-35-23)26(33)31(27(34)30-28)18-25(32)29-22-11-6-5-10-20(22)16-19-8-3-2-4-9-19/h2-6,8-13,17H,7,14-16,18H2,1H3,(H,29,32)(H,30,34). The lowest BCUT2D eigenvalue weighted by molar-refractivity contribution is -0.133. The van der Waals surface area contributed by atoms with E-state index in [2.05, 4.69) is 10.6 Å². The van der Waals surface area contributed by atoms with Gasteiger partial charge in [-0.25, -0.2) is 4.79 Å². The minimum absolute atomic E-state index is 0.398. The molecule has 0 aliphatic carbocycles. The van der Waals surface area contributed by atoms with Gasteiger partial charge in [-0.15, -0.1) is 0 Å². The van der Waals surface area contributed by atoms with Crippen molar-refractivity contribution in [1.29, 1.82) is 0 Å². The predicted molar refractivity (Wildman–Crippen MR) is 134 cm³/mol. The second kappa shape index (κ2) is 9.73. The van der Waals surface area contributed by atoms with Crippen molar-refractivity contribution in [3.05, 3.63) is 89.5 Å². The molecule has 0 spiro atoms. The van der Waals surface area contributed by atoms with Gasteiger partial charge in [0.05, 0.1) is 13.2 Å². The maximum absolute atomic E-state index is 13.4. The molecule has 4 amide bonds. The van der Waals surface area contributed by atoms with Crippen LogP contribution in [-0.4, -0.2) is 42.5 Å². The normalized spacial score (nSPS) is 19.0. The Labute approximate surface area is 209 Å². The maximum Gasteiger partial charge on any atom is 0.325 e. The number of nitrogens with zero attached hydrogens (tertiary/aromatic N) is 1. The number of benzene rings is 3. The summed E-state index contributed by atoms with van der Waals surface area (Å²) in [6, 6.07) is 22.0. The number of nitrogens with one attached hydrogen (secondary N) is 2.